The summed E-state index contributed by atoms with van der Waals surface area (Å²) in [7, 11) is 2.00. The Labute approximate surface area is 187 Å². The lowest BCUT2D eigenvalue weighted by Gasteiger charge is -2.30. The molecule has 0 amide bonds. The predicted molar refractivity (Wildman–Crippen MR) is 126 cm³/mol. The van der Waals surface area contributed by atoms with Crippen LogP contribution in [0.4, 0.5) is 10.1 Å². The second-order valence-corrected chi connectivity index (χ2v) is 8.79. The van der Waals surface area contributed by atoms with Gasteiger partial charge >= 0.3 is 0 Å². The lowest BCUT2D eigenvalue weighted by Crippen LogP contribution is -2.35. The zero-order valence-electron chi connectivity index (χ0n) is 18.1. The van der Waals surface area contributed by atoms with Crippen molar-refractivity contribution in [1.29, 1.82) is 0 Å². The van der Waals surface area contributed by atoms with Gasteiger partial charge in [-0.05, 0) is 82.0 Å². The number of fused-ring (bicyclic) bond motifs is 1. The maximum Gasteiger partial charge on any atom is 0.163 e. The Morgan fingerprint density at radius 2 is 1.81 bits per heavy atom. The Morgan fingerprint density at radius 3 is 2.45 bits per heavy atom. The second-order valence-electron chi connectivity index (χ2n) is 8.38. The smallest absolute Gasteiger partial charge is 0.163 e. The molecule has 1 fully saturated rings. The number of nitrogens with zero attached hydrogens (tertiary/aromatic N) is 1. The zero-order chi connectivity index (χ0) is 22.1. The molecule has 0 spiro atoms. The van der Waals surface area contributed by atoms with Crippen LogP contribution in [-0.2, 0) is 0 Å². The summed E-state index contributed by atoms with van der Waals surface area (Å²) in [6.45, 7) is 3.22. The number of pyridine rings is 1. The molecule has 162 valence electrons. The molecule has 0 saturated heterocycles. The summed E-state index contributed by atoms with van der Waals surface area (Å²) in [4.78, 5) is 16.9. The number of hydrogen-bond acceptors (Lipinski definition) is 4. The van der Waals surface area contributed by atoms with Gasteiger partial charge in [0, 0.05) is 34.3 Å². The summed E-state index contributed by atoms with van der Waals surface area (Å²) in [6, 6.07) is 9.90. The maximum atomic E-state index is 14.3. The van der Waals surface area contributed by atoms with Crippen LogP contribution in [0.3, 0.4) is 0 Å². The van der Waals surface area contributed by atoms with Crippen LogP contribution in [0, 0.1) is 12.7 Å². The summed E-state index contributed by atoms with van der Waals surface area (Å²) in [5.74, 6) is -0.367. The minimum absolute atomic E-state index is 0.0318. The Bertz CT molecular complexity index is 1120. The van der Waals surface area contributed by atoms with E-state index >= 15 is 0 Å². The highest BCUT2D eigenvalue weighted by Gasteiger charge is 2.22. The number of aromatic nitrogens is 1. The molecule has 0 bridgehead atoms. The zero-order valence-corrected chi connectivity index (χ0v) is 18.8. The molecule has 31 heavy (non-hydrogen) atoms. The normalized spacial score (nSPS) is 18.9. The third kappa shape index (κ3) is 4.43. The van der Waals surface area contributed by atoms with Crippen molar-refractivity contribution in [2.24, 2.45) is 0 Å². The summed E-state index contributed by atoms with van der Waals surface area (Å²) in [5, 5.41) is 8.25. The van der Waals surface area contributed by atoms with Gasteiger partial charge in [0.05, 0.1) is 16.8 Å². The van der Waals surface area contributed by atoms with Crippen LogP contribution in [-0.4, -0.2) is 29.9 Å². The van der Waals surface area contributed by atoms with Crippen LogP contribution >= 0.6 is 11.6 Å². The molecule has 2 N–H and O–H groups in total. The summed E-state index contributed by atoms with van der Waals surface area (Å²) < 4.78 is 14.3. The number of carbonyl (C=O) groups is 1. The number of rotatable bonds is 5. The first kappa shape index (κ1) is 21.7. The third-order valence-corrected chi connectivity index (χ3v) is 6.74. The first-order chi connectivity index (χ1) is 14.9. The molecule has 1 aliphatic carbocycles. The van der Waals surface area contributed by atoms with Crippen molar-refractivity contribution in [2.45, 2.75) is 51.6 Å². The molecule has 1 heterocycles. The van der Waals surface area contributed by atoms with Gasteiger partial charge in [-0.3, -0.25) is 9.78 Å². The fourth-order valence-corrected chi connectivity index (χ4v) is 4.54. The Morgan fingerprint density at radius 1 is 1.10 bits per heavy atom. The number of nitrogens with one attached hydrogen (secondary N) is 2. The summed E-state index contributed by atoms with van der Waals surface area (Å²) in [6.07, 6.45) is 5.91. The van der Waals surface area contributed by atoms with E-state index in [4.69, 9.17) is 11.6 Å². The van der Waals surface area contributed by atoms with Gasteiger partial charge in [0.25, 0.3) is 0 Å². The van der Waals surface area contributed by atoms with Gasteiger partial charge in [0.1, 0.15) is 5.82 Å². The second kappa shape index (κ2) is 8.93. The lowest BCUT2D eigenvalue weighted by atomic mass is 9.90. The highest BCUT2D eigenvalue weighted by molar-refractivity contribution is 6.31. The van der Waals surface area contributed by atoms with Crippen LogP contribution in [0.5, 0.6) is 0 Å². The molecule has 4 nitrogen and oxygen atoms in total. The van der Waals surface area contributed by atoms with E-state index in [0.29, 0.717) is 33.8 Å². The highest BCUT2D eigenvalue weighted by Crippen LogP contribution is 2.34. The first-order valence-corrected chi connectivity index (χ1v) is 11.1. The fraction of sp³-hybridized carbons (Fsp3) is 0.360. The quantitative estimate of drug-likeness (QED) is 0.468. The molecule has 6 heteroatoms. The monoisotopic (exact) mass is 439 g/mol. The van der Waals surface area contributed by atoms with E-state index in [1.54, 1.807) is 26.1 Å². The number of halogens is 2. The van der Waals surface area contributed by atoms with Gasteiger partial charge in [0.15, 0.2) is 5.78 Å². The van der Waals surface area contributed by atoms with Crippen molar-refractivity contribution < 1.29 is 9.18 Å². The van der Waals surface area contributed by atoms with Gasteiger partial charge in [0.2, 0.25) is 0 Å². The summed E-state index contributed by atoms with van der Waals surface area (Å²) >= 11 is 6.22. The number of carbonyl (C=O) groups excluding carboxylic acids is 1. The van der Waals surface area contributed by atoms with Crippen molar-refractivity contribution in [3.63, 3.8) is 0 Å². The molecule has 0 radical (unpaired) electrons. The van der Waals surface area contributed by atoms with Crippen LogP contribution in [0.2, 0.25) is 5.02 Å². The van der Waals surface area contributed by atoms with Gasteiger partial charge in [-0.1, -0.05) is 17.7 Å². The van der Waals surface area contributed by atoms with E-state index in [9.17, 15) is 9.18 Å². The lowest BCUT2D eigenvalue weighted by molar-refractivity contribution is 0.101. The van der Waals surface area contributed by atoms with E-state index in [0.717, 1.165) is 47.8 Å². The van der Waals surface area contributed by atoms with Crippen molar-refractivity contribution in [2.75, 3.05) is 12.4 Å². The average Bonchev–Trinajstić information content (AvgIpc) is 2.77. The number of ketones is 1. The molecule has 3 aromatic rings. The van der Waals surface area contributed by atoms with Crippen LogP contribution in [0.25, 0.3) is 22.0 Å². The van der Waals surface area contributed by atoms with Crippen LogP contribution in [0.15, 0.2) is 36.5 Å². The Hall–Kier alpha value is -2.50. The molecule has 0 unspecified atom stereocenters. The van der Waals surface area contributed by atoms with Gasteiger partial charge in [-0.15, -0.1) is 0 Å². The molecule has 0 aliphatic heterocycles. The molecular formula is C25H27ClFN3O. The van der Waals surface area contributed by atoms with Crippen LogP contribution < -0.4 is 10.6 Å². The molecule has 4 rings (SSSR count). The molecule has 1 saturated carbocycles. The maximum absolute atomic E-state index is 14.3. The highest BCUT2D eigenvalue weighted by atomic mass is 35.5. The Kier molecular flexibility index (Phi) is 6.26. The van der Waals surface area contributed by atoms with Crippen molar-refractivity contribution in [3.05, 3.63) is 58.5 Å². The van der Waals surface area contributed by atoms with E-state index in [2.05, 4.69) is 15.6 Å². The van der Waals surface area contributed by atoms with Crippen LogP contribution in [0.1, 0.15) is 48.5 Å². The SMILES string of the molecule is CN[C@H]1CC[C@H](Nc2c(C(C)=O)cnc3ccc(-c4cc(F)c(C)c(Cl)c4)cc23)CC1. The van der Waals surface area contributed by atoms with Gasteiger partial charge in [-0.2, -0.15) is 0 Å². The van der Waals surface area contributed by atoms with Crippen molar-refractivity contribution in [3.8, 4) is 11.1 Å². The van der Waals surface area contributed by atoms with E-state index < -0.39 is 0 Å². The van der Waals surface area contributed by atoms with Gasteiger partial charge in [-0.25, -0.2) is 4.39 Å². The minimum atomic E-state index is -0.335. The molecule has 2 aromatic carbocycles. The van der Waals surface area contributed by atoms with E-state index in [1.807, 2.05) is 25.2 Å². The van der Waals surface area contributed by atoms with Crippen molar-refractivity contribution in [1.82, 2.24) is 10.3 Å². The largest absolute Gasteiger partial charge is 0.381 e. The fourth-order valence-electron chi connectivity index (χ4n) is 4.34. The molecular weight excluding hydrogens is 413 g/mol. The summed E-state index contributed by atoms with van der Waals surface area (Å²) in [5.41, 5.74) is 4.14. The van der Waals surface area contributed by atoms with E-state index in [1.165, 1.54) is 6.07 Å². The average molecular weight is 440 g/mol. The first-order valence-electron chi connectivity index (χ1n) is 10.7. The Balaban J connectivity index is 1.78. The molecule has 0 atom stereocenters. The molecule has 1 aromatic heterocycles. The number of hydrogen-bond donors (Lipinski definition) is 2. The van der Waals surface area contributed by atoms with Gasteiger partial charge < -0.3 is 10.6 Å². The third-order valence-electron chi connectivity index (χ3n) is 6.35. The number of anilines is 1. The minimum Gasteiger partial charge on any atom is -0.381 e. The standard InChI is InChI=1S/C25H27ClFN3O/c1-14-22(26)11-17(12-23(14)27)16-4-9-24-20(10-16)25(21(13-29-24)15(2)31)30-19-7-5-18(28-3)6-8-19/h4,9-13,18-19,28H,5-8H2,1-3H3,(H,29,30)/t18-,19-. The molecule has 1 aliphatic rings. The number of benzene rings is 2. The van der Waals surface area contributed by atoms with Crippen molar-refractivity contribution >= 4 is 34.0 Å². The predicted octanol–water partition coefficient (Wildman–Crippen LogP) is 6.15. The van der Waals surface area contributed by atoms with E-state index in [-0.39, 0.29) is 11.6 Å². The topological polar surface area (TPSA) is 54.0 Å². The number of Topliss-reactive ketones (excluding diaryl/α,β-unsaturated/α-hetero) is 1.